The van der Waals surface area contributed by atoms with Gasteiger partial charge in [-0.2, -0.15) is 0 Å². The van der Waals surface area contributed by atoms with E-state index in [2.05, 4.69) is 43.5 Å². The van der Waals surface area contributed by atoms with Gasteiger partial charge in [-0.3, -0.25) is 9.59 Å². The zero-order valence-corrected chi connectivity index (χ0v) is 60.7. The second-order valence-electron chi connectivity index (χ2n) is 28.5. The van der Waals surface area contributed by atoms with Crippen molar-refractivity contribution in [3.63, 3.8) is 0 Å². The summed E-state index contributed by atoms with van der Waals surface area (Å²) in [6, 6.07) is -0.540. The number of rotatable bonds is 78. The number of amides is 1. The Morgan fingerprint density at radius 2 is 0.562 bits per heavy atom. The van der Waals surface area contributed by atoms with Gasteiger partial charge in [-0.15, -0.1) is 0 Å². The number of nitrogens with one attached hydrogen (secondary N) is 1. The number of carbonyl (C=O) groups excluding carboxylic acids is 2. The molecule has 0 aromatic rings. The van der Waals surface area contributed by atoms with Crippen LogP contribution in [0.1, 0.15) is 470 Å². The predicted molar refractivity (Wildman–Crippen MR) is 393 cm³/mol. The van der Waals surface area contributed by atoms with Crippen LogP contribution in [-0.4, -0.2) is 47.4 Å². The van der Waals surface area contributed by atoms with Gasteiger partial charge in [0.15, 0.2) is 0 Å². The molecule has 0 aromatic heterocycles. The number of aliphatic hydroxyl groups excluding tert-OH is 2. The Morgan fingerprint density at radius 1 is 0.315 bits per heavy atom. The third-order valence-corrected chi connectivity index (χ3v) is 19.5. The summed E-state index contributed by atoms with van der Waals surface area (Å²) >= 11 is 0. The van der Waals surface area contributed by atoms with E-state index < -0.39 is 12.1 Å². The van der Waals surface area contributed by atoms with Gasteiger partial charge in [-0.1, -0.05) is 423 Å². The van der Waals surface area contributed by atoms with Gasteiger partial charge in [0.25, 0.3) is 0 Å². The van der Waals surface area contributed by atoms with E-state index in [1.165, 1.54) is 385 Å². The third kappa shape index (κ3) is 75.3. The summed E-state index contributed by atoms with van der Waals surface area (Å²) < 4.78 is 5.51. The maximum absolute atomic E-state index is 12.6. The highest BCUT2D eigenvalue weighted by atomic mass is 16.5. The summed E-state index contributed by atoms with van der Waals surface area (Å²) in [5.41, 5.74) is 0. The Morgan fingerprint density at radius 3 is 0.876 bits per heavy atom. The lowest BCUT2D eigenvalue weighted by molar-refractivity contribution is -0.143. The Hall–Kier alpha value is -1.66. The first-order valence-corrected chi connectivity index (χ1v) is 41.1. The summed E-state index contributed by atoms with van der Waals surface area (Å²) in [5.74, 6) is -0.0114. The van der Waals surface area contributed by atoms with Gasteiger partial charge in [0.2, 0.25) is 5.91 Å². The maximum atomic E-state index is 12.6. The van der Waals surface area contributed by atoms with Gasteiger partial charge < -0.3 is 20.3 Å². The molecule has 89 heavy (non-hydrogen) atoms. The van der Waals surface area contributed by atoms with Crippen molar-refractivity contribution in [2.24, 2.45) is 0 Å². The smallest absolute Gasteiger partial charge is 0.305 e. The number of allylic oxidation sites excluding steroid dienone is 4. The van der Waals surface area contributed by atoms with Crippen molar-refractivity contribution >= 4 is 11.9 Å². The fraction of sp³-hybridized carbons (Fsp3) is 0.928. The number of esters is 1. The van der Waals surface area contributed by atoms with Crippen LogP contribution in [0.25, 0.3) is 0 Å². The third-order valence-electron chi connectivity index (χ3n) is 19.5. The molecular weight excluding hydrogens is 1090 g/mol. The van der Waals surface area contributed by atoms with Gasteiger partial charge in [-0.25, -0.2) is 0 Å². The molecule has 0 heterocycles. The van der Waals surface area contributed by atoms with E-state index in [0.717, 1.165) is 51.4 Å². The molecule has 0 saturated heterocycles. The van der Waals surface area contributed by atoms with Crippen LogP contribution < -0.4 is 5.32 Å². The van der Waals surface area contributed by atoms with Crippen molar-refractivity contribution in [3.05, 3.63) is 24.3 Å². The highest BCUT2D eigenvalue weighted by molar-refractivity contribution is 5.76. The largest absolute Gasteiger partial charge is 0.466 e. The quantitative estimate of drug-likeness (QED) is 0.0320. The first kappa shape index (κ1) is 87.3. The number of hydrogen-bond acceptors (Lipinski definition) is 5. The van der Waals surface area contributed by atoms with Crippen LogP contribution in [0.4, 0.5) is 0 Å². The van der Waals surface area contributed by atoms with Crippen LogP contribution >= 0.6 is 0 Å². The SMILES string of the molecule is CCCCC/C=C\C/C=C\CCCCCCCCCC(=O)OCCCCCCCCCCCCCCCCCCCCCCCCCCCCCCCCC(=O)NC(CO)C(O)CCCCCCCCCCCCCCCCCCCCCCCCCCC. The van der Waals surface area contributed by atoms with E-state index in [1.54, 1.807) is 0 Å². The average molecular weight is 1250 g/mol. The van der Waals surface area contributed by atoms with Crippen molar-refractivity contribution in [1.29, 1.82) is 0 Å². The minimum atomic E-state index is -0.663. The molecule has 2 unspecified atom stereocenters. The first-order valence-electron chi connectivity index (χ1n) is 41.1. The van der Waals surface area contributed by atoms with Crippen LogP contribution in [0.3, 0.4) is 0 Å². The Labute approximate surface area is 558 Å². The molecule has 6 heteroatoms. The summed E-state index contributed by atoms with van der Waals surface area (Å²) in [4.78, 5) is 24.7. The second kappa shape index (κ2) is 78.8. The molecule has 0 aromatic carbocycles. The van der Waals surface area contributed by atoms with Gasteiger partial charge in [-0.05, 0) is 57.8 Å². The van der Waals surface area contributed by atoms with Crippen molar-refractivity contribution in [3.8, 4) is 0 Å². The van der Waals surface area contributed by atoms with Gasteiger partial charge in [0, 0.05) is 12.8 Å². The zero-order valence-electron chi connectivity index (χ0n) is 60.7. The number of unbranched alkanes of at least 4 members (excludes halogenated alkanes) is 63. The standard InChI is InChI=1S/C83H161NO5/c1-3-5-7-9-11-13-15-17-19-21-22-23-24-31-34-37-40-44-47-51-55-59-63-67-71-75-81(86)80(79-85)84-82(87)76-72-68-64-60-56-52-48-45-41-38-35-32-29-27-25-26-28-30-33-36-39-42-46-50-54-58-62-66-70-74-78-89-83(88)77-73-69-65-61-57-53-49-43-20-18-16-14-12-10-8-6-4-2/h12,14,18,20,80-81,85-86H,3-11,13,15-17,19,21-79H2,1-2H3,(H,84,87)/b14-12-,20-18-. The fourth-order valence-electron chi connectivity index (χ4n) is 13.3. The van der Waals surface area contributed by atoms with Crippen LogP contribution in [0.2, 0.25) is 0 Å². The number of hydrogen-bond donors (Lipinski definition) is 3. The molecule has 0 rings (SSSR count). The molecule has 0 aliphatic rings. The number of ether oxygens (including phenoxy) is 1. The molecule has 0 fully saturated rings. The maximum Gasteiger partial charge on any atom is 0.305 e. The molecule has 0 spiro atoms. The molecule has 0 aliphatic heterocycles. The van der Waals surface area contributed by atoms with Gasteiger partial charge in [0.1, 0.15) is 0 Å². The second-order valence-corrected chi connectivity index (χ2v) is 28.5. The van der Waals surface area contributed by atoms with Gasteiger partial charge >= 0.3 is 5.97 Å². The minimum absolute atomic E-state index is 0.0135. The molecule has 6 nitrogen and oxygen atoms in total. The van der Waals surface area contributed by atoms with E-state index >= 15 is 0 Å². The topological polar surface area (TPSA) is 95.9 Å². The fourth-order valence-corrected chi connectivity index (χ4v) is 13.3. The lowest BCUT2D eigenvalue weighted by Crippen LogP contribution is -2.45. The molecule has 2 atom stereocenters. The van der Waals surface area contributed by atoms with Crippen molar-refractivity contribution in [1.82, 2.24) is 5.32 Å². The normalized spacial score (nSPS) is 12.5. The van der Waals surface area contributed by atoms with E-state index in [-0.39, 0.29) is 18.5 Å². The van der Waals surface area contributed by atoms with Crippen LogP contribution in [0, 0.1) is 0 Å². The molecule has 0 aliphatic carbocycles. The first-order chi connectivity index (χ1) is 44.0. The van der Waals surface area contributed by atoms with Crippen LogP contribution in [0.15, 0.2) is 24.3 Å². The summed E-state index contributed by atoms with van der Waals surface area (Å²) in [6.07, 6.45) is 101. The molecular formula is C83H161NO5. The van der Waals surface area contributed by atoms with Crippen LogP contribution in [-0.2, 0) is 14.3 Å². The molecule has 0 saturated carbocycles. The molecule has 528 valence electrons. The number of carbonyl (C=O) groups is 2. The monoisotopic (exact) mass is 1250 g/mol. The number of aliphatic hydroxyl groups is 2. The summed E-state index contributed by atoms with van der Waals surface area (Å²) in [7, 11) is 0. The summed E-state index contributed by atoms with van der Waals surface area (Å²) in [5, 5.41) is 23.5. The average Bonchev–Trinajstić information content (AvgIpc) is 3.60. The van der Waals surface area contributed by atoms with Crippen LogP contribution in [0.5, 0.6) is 0 Å². The van der Waals surface area contributed by atoms with Gasteiger partial charge in [0.05, 0.1) is 25.4 Å². The molecule has 0 bridgehead atoms. The van der Waals surface area contributed by atoms with Crippen molar-refractivity contribution in [2.45, 2.75) is 482 Å². The Bertz CT molecular complexity index is 1400. The minimum Gasteiger partial charge on any atom is -0.466 e. The summed E-state index contributed by atoms with van der Waals surface area (Å²) in [6.45, 7) is 4.98. The highest BCUT2D eigenvalue weighted by Crippen LogP contribution is 2.21. The molecule has 0 radical (unpaired) electrons. The lowest BCUT2D eigenvalue weighted by Gasteiger charge is -2.22. The predicted octanol–water partition coefficient (Wildman–Crippen LogP) is 27.2. The van der Waals surface area contributed by atoms with E-state index in [9.17, 15) is 19.8 Å². The Balaban J connectivity index is 3.33. The van der Waals surface area contributed by atoms with Crippen molar-refractivity contribution < 1.29 is 24.5 Å². The highest BCUT2D eigenvalue weighted by Gasteiger charge is 2.20. The Kier molecular flexibility index (Phi) is 77.3. The lowest BCUT2D eigenvalue weighted by atomic mass is 10.0. The van der Waals surface area contributed by atoms with E-state index in [1.807, 2.05) is 0 Å². The zero-order chi connectivity index (χ0) is 64.2. The molecule has 3 N–H and O–H groups in total. The van der Waals surface area contributed by atoms with Crippen molar-refractivity contribution in [2.75, 3.05) is 13.2 Å². The van der Waals surface area contributed by atoms with E-state index in [0.29, 0.717) is 25.9 Å². The van der Waals surface area contributed by atoms with E-state index in [4.69, 9.17) is 4.74 Å². The molecule has 1 amide bonds.